The van der Waals surface area contributed by atoms with E-state index in [1.807, 2.05) is 13.8 Å². The Morgan fingerprint density at radius 1 is 1.07 bits per heavy atom. The molecule has 2 aromatic rings. The Morgan fingerprint density at radius 3 is 2.43 bits per heavy atom. The molecule has 2 heterocycles. The highest BCUT2D eigenvalue weighted by atomic mass is 127. The molecule has 8 heteroatoms. The van der Waals surface area contributed by atoms with Crippen LogP contribution in [0.4, 0.5) is 5.69 Å². The molecule has 166 valence electrons. The van der Waals surface area contributed by atoms with E-state index in [1.54, 1.807) is 7.05 Å². The normalized spacial score (nSPS) is 15.0. The van der Waals surface area contributed by atoms with Gasteiger partial charge in [0.25, 0.3) is 0 Å². The number of aliphatic imine (C=N–C) groups is 1. The van der Waals surface area contributed by atoms with Crippen LogP contribution in [0.5, 0.6) is 0 Å². The Labute approximate surface area is 197 Å². The molecule has 1 aromatic heterocycles. The van der Waals surface area contributed by atoms with E-state index in [2.05, 4.69) is 60.7 Å². The molecule has 1 aliphatic heterocycles. The van der Waals surface area contributed by atoms with Crippen LogP contribution in [0.3, 0.4) is 0 Å². The fourth-order valence-electron chi connectivity index (χ4n) is 3.53. The van der Waals surface area contributed by atoms with Gasteiger partial charge in [0.15, 0.2) is 5.96 Å². The lowest BCUT2D eigenvalue weighted by Crippen LogP contribution is -2.46. The number of aromatic nitrogens is 1. The number of aryl methyl sites for hydroxylation is 2. The molecule has 7 nitrogen and oxygen atoms in total. The van der Waals surface area contributed by atoms with Gasteiger partial charge in [0.05, 0.1) is 12.2 Å². The van der Waals surface area contributed by atoms with Crippen molar-refractivity contribution in [3.8, 4) is 0 Å². The van der Waals surface area contributed by atoms with Crippen molar-refractivity contribution >= 4 is 35.6 Å². The average molecular weight is 526 g/mol. The lowest BCUT2D eigenvalue weighted by molar-refractivity contribution is 0.253. The number of para-hydroxylation sites is 1. The summed E-state index contributed by atoms with van der Waals surface area (Å²) in [6.07, 6.45) is 2.31. The maximum absolute atomic E-state index is 5.59. The molecule has 1 aromatic carbocycles. The highest BCUT2D eigenvalue weighted by molar-refractivity contribution is 14.0. The van der Waals surface area contributed by atoms with Crippen LogP contribution in [0.1, 0.15) is 30.2 Å². The SMILES string of the molecule is CN=C(NCCCCN1CCN(c2ccccc2)CC1)NCc1nc(C)c(C)o1.I. The Bertz CT molecular complexity index is 752. The van der Waals surface area contributed by atoms with Crippen LogP contribution in [0, 0.1) is 13.8 Å². The van der Waals surface area contributed by atoms with Crippen LogP contribution in [-0.4, -0.2) is 62.2 Å². The largest absolute Gasteiger partial charge is 0.444 e. The van der Waals surface area contributed by atoms with E-state index >= 15 is 0 Å². The number of hydrogen-bond donors (Lipinski definition) is 2. The van der Waals surface area contributed by atoms with E-state index in [1.165, 1.54) is 12.1 Å². The standard InChI is InChI=1S/C22H34N6O.HI/c1-18-19(2)29-21(26-18)17-25-22(23-3)24-11-7-8-12-27-13-15-28(16-14-27)20-9-5-4-6-10-20;/h4-6,9-10H,7-8,11-17H2,1-3H3,(H2,23,24,25);1H. The van der Waals surface area contributed by atoms with Crippen molar-refractivity contribution in [2.45, 2.75) is 33.2 Å². The van der Waals surface area contributed by atoms with Gasteiger partial charge >= 0.3 is 0 Å². The highest BCUT2D eigenvalue weighted by Crippen LogP contribution is 2.15. The molecular formula is C22H35IN6O. The van der Waals surface area contributed by atoms with Crippen molar-refractivity contribution in [3.63, 3.8) is 0 Å². The first-order valence-corrected chi connectivity index (χ1v) is 10.6. The van der Waals surface area contributed by atoms with Crippen LogP contribution < -0.4 is 15.5 Å². The third-order valence-electron chi connectivity index (χ3n) is 5.39. The Balaban J connectivity index is 0.00000320. The maximum atomic E-state index is 5.59. The summed E-state index contributed by atoms with van der Waals surface area (Å²) < 4.78 is 5.59. The quantitative estimate of drug-likeness (QED) is 0.239. The summed E-state index contributed by atoms with van der Waals surface area (Å²) in [7, 11) is 1.79. The lowest BCUT2D eigenvalue weighted by atomic mass is 10.2. The zero-order valence-corrected chi connectivity index (χ0v) is 20.7. The monoisotopic (exact) mass is 526 g/mol. The third kappa shape index (κ3) is 7.46. The molecule has 0 aliphatic carbocycles. The molecule has 0 bridgehead atoms. The van der Waals surface area contributed by atoms with E-state index in [-0.39, 0.29) is 24.0 Å². The van der Waals surface area contributed by atoms with Gasteiger partial charge in [0.2, 0.25) is 5.89 Å². The topological polar surface area (TPSA) is 68.9 Å². The number of halogens is 1. The number of oxazole rings is 1. The predicted octanol–water partition coefficient (Wildman–Crippen LogP) is 3.18. The molecule has 2 N–H and O–H groups in total. The van der Waals surface area contributed by atoms with Crippen molar-refractivity contribution in [3.05, 3.63) is 47.7 Å². The van der Waals surface area contributed by atoms with Crippen LogP contribution in [0.2, 0.25) is 0 Å². The minimum Gasteiger partial charge on any atom is -0.444 e. The summed E-state index contributed by atoms with van der Waals surface area (Å²) in [5.74, 6) is 2.35. The average Bonchev–Trinajstić information content (AvgIpc) is 3.08. The molecule has 1 aliphatic rings. The van der Waals surface area contributed by atoms with Crippen LogP contribution in [0.25, 0.3) is 0 Å². The molecule has 0 unspecified atom stereocenters. The minimum atomic E-state index is 0. The first-order valence-electron chi connectivity index (χ1n) is 10.6. The van der Waals surface area contributed by atoms with Crippen molar-refractivity contribution in [1.82, 2.24) is 20.5 Å². The van der Waals surface area contributed by atoms with Gasteiger partial charge in [-0.2, -0.15) is 0 Å². The fraction of sp³-hybridized carbons (Fsp3) is 0.545. The summed E-state index contributed by atoms with van der Waals surface area (Å²) in [4.78, 5) is 13.7. The Hall–Kier alpha value is -1.81. The number of guanidine groups is 1. The van der Waals surface area contributed by atoms with Gasteiger partial charge < -0.3 is 20.0 Å². The number of anilines is 1. The van der Waals surface area contributed by atoms with Crippen molar-refractivity contribution in [2.75, 3.05) is 51.2 Å². The second-order valence-electron chi connectivity index (χ2n) is 7.47. The first kappa shape index (κ1) is 24.5. The summed E-state index contributed by atoms with van der Waals surface area (Å²) in [5, 5.41) is 6.62. The molecule has 30 heavy (non-hydrogen) atoms. The van der Waals surface area contributed by atoms with Gasteiger partial charge in [0, 0.05) is 45.5 Å². The molecule has 0 amide bonds. The van der Waals surface area contributed by atoms with Gasteiger partial charge in [-0.3, -0.25) is 9.89 Å². The number of nitrogens with zero attached hydrogens (tertiary/aromatic N) is 4. The number of nitrogens with one attached hydrogen (secondary N) is 2. The van der Waals surface area contributed by atoms with Crippen LogP contribution in [-0.2, 0) is 6.54 Å². The Kier molecular flexibility index (Phi) is 10.4. The predicted molar refractivity (Wildman–Crippen MR) is 134 cm³/mol. The molecule has 3 rings (SSSR count). The van der Waals surface area contributed by atoms with Gasteiger partial charge in [0.1, 0.15) is 5.76 Å². The van der Waals surface area contributed by atoms with Crippen molar-refractivity contribution in [1.29, 1.82) is 0 Å². The summed E-state index contributed by atoms with van der Waals surface area (Å²) in [6, 6.07) is 10.7. The van der Waals surface area contributed by atoms with Crippen molar-refractivity contribution in [2.24, 2.45) is 4.99 Å². The molecular weight excluding hydrogens is 491 g/mol. The minimum absolute atomic E-state index is 0. The van der Waals surface area contributed by atoms with Gasteiger partial charge in [-0.1, -0.05) is 18.2 Å². The zero-order chi connectivity index (χ0) is 20.5. The van der Waals surface area contributed by atoms with E-state index in [9.17, 15) is 0 Å². The first-order chi connectivity index (χ1) is 14.2. The van der Waals surface area contributed by atoms with Gasteiger partial charge in [-0.25, -0.2) is 4.98 Å². The number of piperazine rings is 1. The summed E-state index contributed by atoms with van der Waals surface area (Å²) in [6.45, 7) is 11.0. The van der Waals surface area contributed by atoms with E-state index in [0.717, 1.165) is 63.1 Å². The molecule has 0 radical (unpaired) electrons. The fourth-order valence-corrected chi connectivity index (χ4v) is 3.53. The molecule has 1 saturated heterocycles. The number of unbranched alkanes of at least 4 members (excludes halogenated alkanes) is 1. The highest BCUT2D eigenvalue weighted by Gasteiger charge is 2.16. The second-order valence-corrected chi connectivity index (χ2v) is 7.47. The van der Waals surface area contributed by atoms with Crippen LogP contribution in [0.15, 0.2) is 39.7 Å². The second kappa shape index (κ2) is 12.8. The van der Waals surface area contributed by atoms with E-state index in [4.69, 9.17) is 4.42 Å². The van der Waals surface area contributed by atoms with Crippen LogP contribution >= 0.6 is 24.0 Å². The summed E-state index contributed by atoms with van der Waals surface area (Å²) >= 11 is 0. The third-order valence-corrected chi connectivity index (χ3v) is 5.39. The molecule has 0 atom stereocenters. The Morgan fingerprint density at radius 2 is 1.80 bits per heavy atom. The van der Waals surface area contributed by atoms with E-state index < -0.39 is 0 Å². The smallest absolute Gasteiger partial charge is 0.214 e. The molecule has 0 saturated carbocycles. The molecule has 0 spiro atoms. The number of hydrogen-bond acceptors (Lipinski definition) is 5. The lowest BCUT2D eigenvalue weighted by Gasteiger charge is -2.36. The van der Waals surface area contributed by atoms with Gasteiger partial charge in [-0.15, -0.1) is 24.0 Å². The number of rotatable bonds is 8. The van der Waals surface area contributed by atoms with Gasteiger partial charge in [-0.05, 0) is 45.4 Å². The number of benzene rings is 1. The maximum Gasteiger partial charge on any atom is 0.214 e. The van der Waals surface area contributed by atoms with E-state index in [0.29, 0.717) is 12.4 Å². The van der Waals surface area contributed by atoms with Crippen molar-refractivity contribution < 1.29 is 4.42 Å². The molecule has 1 fully saturated rings. The summed E-state index contributed by atoms with van der Waals surface area (Å²) in [5.41, 5.74) is 2.28. The zero-order valence-electron chi connectivity index (χ0n) is 18.4.